The van der Waals surface area contributed by atoms with Crippen LogP contribution in [0.15, 0.2) is 48.5 Å². The van der Waals surface area contributed by atoms with Crippen LogP contribution in [0.1, 0.15) is 26.3 Å². The summed E-state index contributed by atoms with van der Waals surface area (Å²) in [5, 5.41) is 3.34. The lowest BCUT2D eigenvalue weighted by atomic mass is 10.1. The van der Waals surface area contributed by atoms with E-state index in [1.165, 1.54) is 4.90 Å². The lowest BCUT2D eigenvalue weighted by molar-refractivity contribution is 0.0827. The van der Waals surface area contributed by atoms with Crippen molar-refractivity contribution < 1.29 is 9.59 Å². The van der Waals surface area contributed by atoms with Crippen LogP contribution in [0.4, 0.5) is 0 Å². The van der Waals surface area contributed by atoms with Gasteiger partial charge in [-0.25, -0.2) is 0 Å². The number of nitrogens with zero attached hydrogens (tertiary/aromatic N) is 1. The number of hydrogen-bond donors (Lipinski definition) is 1. The molecule has 0 radical (unpaired) electrons. The van der Waals surface area contributed by atoms with Crippen molar-refractivity contribution in [2.45, 2.75) is 6.54 Å². The van der Waals surface area contributed by atoms with Gasteiger partial charge in [-0.15, -0.1) is 0 Å². The van der Waals surface area contributed by atoms with Crippen molar-refractivity contribution in [1.82, 2.24) is 10.2 Å². The van der Waals surface area contributed by atoms with Gasteiger partial charge in [0.15, 0.2) is 0 Å². The molecule has 0 bridgehead atoms. The molecule has 0 spiro atoms. The third-order valence-electron chi connectivity index (χ3n) is 3.12. The third kappa shape index (κ3) is 4.09. The highest BCUT2D eigenvalue weighted by Gasteiger charge is 2.09. The Morgan fingerprint density at radius 1 is 1.05 bits per heavy atom. The van der Waals surface area contributed by atoms with Crippen LogP contribution in [0.3, 0.4) is 0 Å². The second kappa shape index (κ2) is 7.09. The van der Waals surface area contributed by atoms with Gasteiger partial charge in [0.05, 0.1) is 0 Å². The van der Waals surface area contributed by atoms with Crippen LogP contribution in [0.2, 0.25) is 5.02 Å². The molecule has 4 nitrogen and oxygen atoms in total. The lowest BCUT2D eigenvalue weighted by Gasteiger charge is -2.11. The standard InChI is InChI=1S/C17H17ClN2O2/c1-20(2)17(22)14-7-3-5-12(9-14)11-19-16(21)13-6-4-8-15(18)10-13/h3-10H,11H2,1-2H3,(H,19,21). The smallest absolute Gasteiger partial charge is 0.253 e. The maximum absolute atomic E-state index is 12.1. The highest BCUT2D eigenvalue weighted by Crippen LogP contribution is 2.11. The van der Waals surface area contributed by atoms with Crippen molar-refractivity contribution in [1.29, 1.82) is 0 Å². The van der Waals surface area contributed by atoms with Gasteiger partial charge in [-0.1, -0.05) is 29.8 Å². The summed E-state index contributed by atoms with van der Waals surface area (Å²) >= 11 is 5.87. The molecular weight excluding hydrogens is 300 g/mol. The number of carbonyl (C=O) groups is 2. The number of halogens is 1. The minimum atomic E-state index is -0.202. The fraction of sp³-hybridized carbons (Fsp3) is 0.176. The van der Waals surface area contributed by atoms with Gasteiger partial charge in [0.25, 0.3) is 11.8 Å². The highest BCUT2D eigenvalue weighted by molar-refractivity contribution is 6.30. The first kappa shape index (κ1) is 16.0. The molecule has 114 valence electrons. The third-order valence-corrected chi connectivity index (χ3v) is 3.36. The quantitative estimate of drug-likeness (QED) is 0.942. The van der Waals surface area contributed by atoms with Crippen LogP contribution in [-0.4, -0.2) is 30.8 Å². The molecule has 0 saturated carbocycles. The normalized spacial score (nSPS) is 10.1. The predicted molar refractivity (Wildman–Crippen MR) is 87.1 cm³/mol. The van der Waals surface area contributed by atoms with Crippen molar-refractivity contribution in [2.24, 2.45) is 0 Å². The fourth-order valence-corrected chi connectivity index (χ4v) is 2.18. The number of amides is 2. The summed E-state index contributed by atoms with van der Waals surface area (Å²) in [6, 6.07) is 14.0. The molecule has 22 heavy (non-hydrogen) atoms. The zero-order chi connectivity index (χ0) is 16.1. The van der Waals surface area contributed by atoms with Crippen LogP contribution >= 0.6 is 11.6 Å². The number of carbonyl (C=O) groups excluding carboxylic acids is 2. The number of hydrogen-bond acceptors (Lipinski definition) is 2. The maximum atomic E-state index is 12.1. The van der Waals surface area contributed by atoms with Crippen LogP contribution in [-0.2, 0) is 6.54 Å². The average molecular weight is 317 g/mol. The van der Waals surface area contributed by atoms with E-state index in [-0.39, 0.29) is 11.8 Å². The van der Waals surface area contributed by atoms with Crippen molar-refractivity contribution >= 4 is 23.4 Å². The monoisotopic (exact) mass is 316 g/mol. The largest absolute Gasteiger partial charge is 0.348 e. The summed E-state index contributed by atoms with van der Waals surface area (Å²) < 4.78 is 0. The molecule has 0 saturated heterocycles. The summed E-state index contributed by atoms with van der Waals surface area (Å²) in [6.07, 6.45) is 0. The van der Waals surface area contributed by atoms with E-state index in [1.807, 2.05) is 6.07 Å². The zero-order valence-corrected chi connectivity index (χ0v) is 13.2. The van der Waals surface area contributed by atoms with Gasteiger partial charge in [-0.3, -0.25) is 9.59 Å². The molecule has 0 fully saturated rings. The molecule has 0 unspecified atom stereocenters. The molecule has 0 atom stereocenters. The fourth-order valence-electron chi connectivity index (χ4n) is 1.99. The molecule has 2 aromatic rings. The van der Waals surface area contributed by atoms with Gasteiger partial charge >= 0.3 is 0 Å². The van der Waals surface area contributed by atoms with E-state index in [0.717, 1.165) is 5.56 Å². The average Bonchev–Trinajstić information content (AvgIpc) is 2.52. The molecule has 0 aliphatic carbocycles. The minimum absolute atomic E-state index is 0.0667. The highest BCUT2D eigenvalue weighted by atomic mass is 35.5. The van der Waals surface area contributed by atoms with Gasteiger partial charge < -0.3 is 10.2 Å². The summed E-state index contributed by atoms with van der Waals surface area (Å²) in [7, 11) is 3.41. The number of nitrogens with one attached hydrogen (secondary N) is 1. The maximum Gasteiger partial charge on any atom is 0.253 e. The van der Waals surface area contributed by atoms with E-state index in [1.54, 1.807) is 56.6 Å². The Hall–Kier alpha value is -2.33. The van der Waals surface area contributed by atoms with Crippen molar-refractivity contribution in [3.8, 4) is 0 Å². The Morgan fingerprint density at radius 3 is 2.41 bits per heavy atom. The van der Waals surface area contributed by atoms with E-state index < -0.39 is 0 Å². The SMILES string of the molecule is CN(C)C(=O)c1cccc(CNC(=O)c2cccc(Cl)c2)c1. The first-order chi connectivity index (χ1) is 10.5. The first-order valence-corrected chi connectivity index (χ1v) is 7.19. The number of rotatable bonds is 4. The van der Waals surface area contributed by atoms with E-state index in [4.69, 9.17) is 11.6 Å². The topological polar surface area (TPSA) is 49.4 Å². The van der Waals surface area contributed by atoms with Gasteiger partial charge in [0.2, 0.25) is 0 Å². The Bertz CT molecular complexity index is 699. The molecule has 0 heterocycles. The molecule has 0 aliphatic rings. The lowest BCUT2D eigenvalue weighted by Crippen LogP contribution is -2.24. The van der Waals surface area contributed by atoms with E-state index in [2.05, 4.69) is 5.32 Å². The minimum Gasteiger partial charge on any atom is -0.348 e. The second-order valence-electron chi connectivity index (χ2n) is 5.09. The molecule has 1 N–H and O–H groups in total. The Kier molecular flexibility index (Phi) is 5.17. The molecule has 2 amide bonds. The van der Waals surface area contributed by atoms with E-state index in [0.29, 0.717) is 22.7 Å². The van der Waals surface area contributed by atoms with Crippen molar-refractivity contribution in [3.05, 3.63) is 70.2 Å². The summed E-state index contributed by atoms with van der Waals surface area (Å²) in [4.78, 5) is 25.5. The van der Waals surface area contributed by atoms with Crippen LogP contribution in [0.5, 0.6) is 0 Å². The molecule has 2 rings (SSSR count). The first-order valence-electron chi connectivity index (χ1n) is 6.82. The zero-order valence-electron chi connectivity index (χ0n) is 12.5. The predicted octanol–water partition coefficient (Wildman–Crippen LogP) is 2.97. The Labute approximate surface area is 134 Å². The van der Waals surface area contributed by atoms with Crippen LogP contribution in [0, 0.1) is 0 Å². The van der Waals surface area contributed by atoms with Gasteiger partial charge in [0.1, 0.15) is 0 Å². The Balaban J connectivity index is 2.04. The van der Waals surface area contributed by atoms with Gasteiger partial charge in [-0.2, -0.15) is 0 Å². The summed E-state index contributed by atoms with van der Waals surface area (Å²) in [6.45, 7) is 0.347. The molecule has 0 aromatic heterocycles. The number of benzene rings is 2. The Morgan fingerprint density at radius 2 is 1.73 bits per heavy atom. The summed E-state index contributed by atoms with van der Waals surface area (Å²) in [5.41, 5.74) is 1.97. The van der Waals surface area contributed by atoms with Gasteiger partial charge in [0, 0.05) is 36.8 Å². The second-order valence-corrected chi connectivity index (χ2v) is 5.53. The van der Waals surface area contributed by atoms with Crippen molar-refractivity contribution in [2.75, 3.05) is 14.1 Å². The van der Waals surface area contributed by atoms with Gasteiger partial charge in [-0.05, 0) is 35.9 Å². The van der Waals surface area contributed by atoms with Crippen LogP contribution in [0.25, 0.3) is 0 Å². The molecular formula is C17H17ClN2O2. The van der Waals surface area contributed by atoms with E-state index >= 15 is 0 Å². The van der Waals surface area contributed by atoms with Crippen LogP contribution < -0.4 is 5.32 Å². The molecule has 2 aromatic carbocycles. The molecule has 0 aliphatic heterocycles. The van der Waals surface area contributed by atoms with Crippen molar-refractivity contribution in [3.63, 3.8) is 0 Å². The molecule has 5 heteroatoms. The van der Waals surface area contributed by atoms with E-state index in [9.17, 15) is 9.59 Å². The summed E-state index contributed by atoms with van der Waals surface area (Å²) in [5.74, 6) is -0.269.